The number of nitrogens with zero attached hydrogens (tertiary/aromatic N) is 3. The lowest BCUT2D eigenvalue weighted by atomic mass is 10.3. The highest BCUT2D eigenvalue weighted by molar-refractivity contribution is 5.44. The molecule has 0 radical (unpaired) electrons. The van der Waals surface area contributed by atoms with Crippen LogP contribution in [0.5, 0.6) is 5.88 Å². The van der Waals surface area contributed by atoms with Gasteiger partial charge in [-0.2, -0.15) is 4.98 Å². The molecule has 0 amide bonds. The van der Waals surface area contributed by atoms with E-state index in [4.69, 9.17) is 10.5 Å². The van der Waals surface area contributed by atoms with Crippen LogP contribution in [0.1, 0.15) is 25.1 Å². The first-order valence-electron chi connectivity index (χ1n) is 6.11. The molecule has 1 aromatic rings. The third-order valence-electron chi connectivity index (χ3n) is 2.90. The van der Waals surface area contributed by atoms with Crippen molar-refractivity contribution in [2.45, 2.75) is 32.2 Å². The number of nitrogens with two attached hydrogens (primary N) is 1. The molecule has 2 rings (SSSR count). The molecule has 1 saturated carbocycles. The molecule has 1 aliphatic carbocycles. The number of anilines is 1. The molecule has 2 N–H and O–H groups in total. The second kappa shape index (κ2) is 5.31. The summed E-state index contributed by atoms with van der Waals surface area (Å²) in [7, 11) is 1.63. The summed E-state index contributed by atoms with van der Waals surface area (Å²) in [6.45, 7) is 3.56. The Balaban J connectivity index is 2.18. The maximum atomic E-state index is 5.58. The third-order valence-corrected chi connectivity index (χ3v) is 2.90. The van der Waals surface area contributed by atoms with Crippen molar-refractivity contribution in [2.24, 2.45) is 5.73 Å². The van der Waals surface area contributed by atoms with Crippen molar-refractivity contribution in [3.05, 3.63) is 11.9 Å². The Morgan fingerprint density at radius 1 is 1.47 bits per heavy atom. The lowest BCUT2D eigenvalue weighted by molar-refractivity contribution is 0.395. The van der Waals surface area contributed by atoms with Crippen molar-refractivity contribution >= 4 is 5.82 Å². The van der Waals surface area contributed by atoms with E-state index in [1.54, 1.807) is 7.11 Å². The van der Waals surface area contributed by atoms with Gasteiger partial charge in [0.2, 0.25) is 5.88 Å². The Hall–Kier alpha value is -1.36. The fraction of sp³-hybridized carbons (Fsp3) is 0.667. The maximum absolute atomic E-state index is 5.58. The minimum absolute atomic E-state index is 0.626. The Labute approximate surface area is 102 Å². The van der Waals surface area contributed by atoms with Crippen LogP contribution < -0.4 is 15.4 Å². The lowest BCUT2D eigenvalue weighted by Crippen LogP contribution is -2.29. The van der Waals surface area contributed by atoms with Crippen LogP contribution >= 0.6 is 0 Å². The number of rotatable bonds is 6. The summed E-state index contributed by atoms with van der Waals surface area (Å²) >= 11 is 0. The fourth-order valence-electron chi connectivity index (χ4n) is 1.91. The minimum Gasteiger partial charge on any atom is -0.481 e. The summed E-state index contributed by atoms with van der Waals surface area (Å²) in [5, 5.41) is 0. The number of hydrogen-bond donors (Lipinski definition) is 1. The van der Waals surface area contributed by atoms with Gasteiger partial charge in [-0.3, -0.25) is 0 Å². The first-order chi connectivity index (χ1) is 8.24. The number of methoxy groups -OCH3 is 1. The molecule has 0 spiro atoms. The quantitative estimate of drug-likeness (QED) is 0.801. The highest BCUT2D eigenvalue weighted by Gasteiger charge is 2.30. The standard InChI is InChI=1S/C12H20N4O/c1-9-14-11(8-12(15-9)17-2)16(7-3-6-13)10-4-5-10/h8,10H,3-7,13H2,1-2H3. The van der Waals surface area contributed by atoms with Crippen molar-refractivity contribution < 1.29 is 4.74 Å². The van der Waals surface area contributed by atoms with Gasteiger partial charge in [0.05, 0.1) is 7.11 Å². The van der Waals surface area contributed by atoms with Crippen LogP contribution in [-0.2, 0) is 0 Å². The van der Waals surface area contributed by atoms with Gasteiger partial charge in [-0.15, -0.1) is 0 Å². The van der Waals surface area contributed by atoms with Gasteiger partial charge in [-0.25, -0.2) is 4.98 Å². The molecule has 0 unspecified atom stereocenters. The Morgan fingerprint density at radius 3 is 2.82 bits per heavy atom. The zero-order chi connectivity index (χ0) is 12.3. The zero-order valence-corrected chi connectivity index (χ0v) is 10.5. The molecule has 94 valence electrons. The van der Waals surface area contributed by atoms with E-state index in [1.807, 2.05) is 13.0 Å². The van der Waals surface area contributed by atoms with Crippen LogP contribution in [0.2, 0.25) is 0 Å². The van der Waals surface area contributed by atoms with Gasteiger partial charge in [-0.05, 0) is 32.7 Å². The summed E-state index contributed by atoms with van der Waals surface area (Å²) in [6, 6.07) is 2.53. The second-order valence-electron chi connectivity index (χ2n) is 4.38. The molecule has 1 aliphatic rings. The lowest BCUT2D eigenvalue weighted by Gasteiger charge is -2.23. The molecule has 0 saturated heterocycles. The predicted octanol–water partition coefficient (Wildman–Crippen LogP) is 1.11. The number of hydrogen-bond acceptors (Lipinski definition) is 5. The van der Waals surface area contributed by atoms with Crippen molar-refractivity contribution in [1.82, 2.24) is 9.97 Å². The first-order valence-corrected chi connectivity index (χ1v) is 6.11. The van der Waals surface area contributed by atoms with Crippen LogP contribution in [0.4, 0.5) is 5.82 Å². The van der Waals surface area contributed by atoms with E-state index in [1.165, 1.54) is 12.8 Å². The van der Waals surface area contributed by atoms with Gasteiger partial charge >= 0.3 is 0 Å². The molecular weight excluding hydrogens is 216 g/mol. The number of aromatic nitrogens is 2. The number of ether oxygens (including phenoxy) is 1. The van der Waals surface area contributed by atoms with E-state index < -0.39 is 0 Å². The summed E-state index contributed by atoms with van der Waals surface area (Å²) < 4.78 is 5.19. The smallest absolute Gasteiger partial charge is 0.218 e. The van der Waals surface area contributed by atoms with Gasteiger partial charge in [-0.1, -0.05) is 0 Å². The van der Waals surface area contributed by atoms with E-state index in [-0.39, 0.29) is 0 Å². The van der Waals surface area contributed by atoms with E-state index >= 15 is 0 Å². The van der Waals surface area contributed by atoms with Crippen LogP contribution in [-0.4, -0.2) is 36.2 Å². The zero-order valence-electron chi connectivity index (χ0n) is 10.5. The van der Waals surface area contributed by atoms with Gasteiger partial charge in [0, 0.05) is 18.7 Å². The van der Waals surface area contributed by atoms with Crippen LogP contribution in [0.3, 0.4) is 0 Å². The maximum Gasteiger partial charge on any atom is 0.218 e. The monoisotopic (exact) mass is 236 g/mol. The largest absolute Gasteiger partial charge is 0.481 e. The van der Waals surface area contributed by atoms with Crippen LogP contribution in [0.15, 0.2) is 6.07 Å². The number of aryl methyl sites for hydroxylation is 1. The summed E-state index contributed by atoms with van der Waals surface area (Å²) in [5.41, 5.74) is 5.58. The summed E-state index contributed by atoms with van der Waals surface area (Å²) in [6.07, 6.45) is 3.48. The highest BCUT2D eigenvalue weighted by Crippen LogP contribution is 2.31. The summed E-state index contributed by atoms with van der Waals surface area (Å²) in [5.74, 6) is 2.34. The Morgan fingerprint density at radius 2 is 2.24 bits per heavy atom. The molecule has 17 heavy (non-hydrogen) atoms. The van der Waals surface area contributed by atoms with Gasteiger partial charge < -0.3 is 15.4 Å². The van der Waals surface area contributed by atoms with Gasteiger partial charge in [0.1, 0.15) is 11.6 Å². The van der Waals surface area contributed by atoms with E-state index in [0.29, 0.717) is 18.5 Å². The van der Waals surface area contributed by atoms with Crippen LogP contribution in [0.25, 0.3) is 0 Å². The van der Waals surface area contributed by atoms with Crippen molar-refractivity contribution in [3.63, 3.8) is 0 Å². The molecule has 0 atom stereocenters. The molecular formula is C12H20N4O. The molecule has 5 heteroatoms. The fourth-order valence-corrected chi connectivity index (χ4v) is 1.91. The normalized spacial score (nSPS) is 14.8. The molecule has 1 heterocycles. The molecule has 0 aromatic carbocycles. The molecule has 1 fully saturated rings. The Bertz CT molecular complexity index is 379. The van der Waals surface area contributed by atoms with E-state index in [2.05, 4.69) is 14.9 Å². The van der Waals surface area contributed by atoms with Crippen LogP contribution in [0, 0.1) is 6.92 Å². The van der Waals surface area contributed by atoms with Gasteiger partial charge in [0.15, 0.2) is 0 Å². The van der Waals surface area contributed by atoms with Gasteiger partial charge in [0.25, 0.3) is 0 Å². The first kappa shape index (κ1) is 12.1. The molecule has 1 aromatic heterocycles. The Kier molecular flexibility index (Phi) is 3.78. The SMILES string of the molecule is COc1cc(N(CCCN)C2CC2)nc(C)n1. The minimum atomic E-state index is 0.626. The second-order valence-corrected chi connectivity index (χ2v) is 4.38. The highest BCUT2D eigenvalue weighted by atomic mass is 16.5. The molecule has 0 bridgehead atoms. The van der Waals surface area contributed by atoms with Crippen molar-refractivity contribution in [3.8, 4) is 5.88 Å². The van der Waals surface area contributed by atoms with E-state index in [0.717, 1.165) is 24.6 Å². The van der Waals surface area contributed by atoms with E-state index in [9.17, 15) is 0 Å². The molecule has 0 aliphatic heterocycles. The third kappa shape index (κ3) is 3.06. The molecule has 5 nitrogen and oxygen atoms in total. The van der Waals surface area contributed by atoms with Crippen molar-refractivity contribution in [2.75, 3.05) is 25.1 Å². The topological polar surface area (TPSA) is 64.3 Å². The average Bonchev–Trinajstić information content (AvgIpc) is 3.13. The predicted molar refractivity (Wildman–Crippen MR) is 67.4 cm³/mol. The average molecular weight is 236 g/mol. The van der Waals surface area contributed by atoms with Crippen molar-refractivity contribution in [1.29, 1.82) is 0 Å². The summed E-state index contributed by atoms with van der Waals surface area (Å²) in [4.78, 5) is 11.0.